The summed E-state index contributed by atoms with van der Waals surface area (Å²) in [5.41, 5.74) is 0. The van der Waals surface area contributed by atoms with Gasteiger partial charge in [-0.25, -0.2) is 0 Å². The monoisotopic (exact) mass is 231 g/mol. The van der Waals surface area contributed by atoms with Crippen LogP contribution in [0.25, 0.3) is 0 Å². The van der Waals surface area contributed by atoms with E-state index in [0.717, 1.165) is 37.6 Å². The van der Waals surface area contributed by atoms with E-state index in [1.54, 1.807) is 0 Å². The number of rotatable bonds is 3. The molecule has 1 aliphatic rings. The number of hydrogen-bond donors (Lipinski definition) is 1. The van der Waals surface area contributed by atoms with Crippen LogP contribution < -0.4 is 5.32 Å². The maximum absolute atomic E-state index is 5.25. The molecule has 15 heavy (non-hydrogen) atoms. The van der Waals surface area contributed by atoms with E-state index in [2.05, 4.69) is 29.3 Å². The molecule has 4 nitrogen and oxygen atoms in total. The lowest BCUT2D eigenvalue weighted by Crippen LogP contribution is -2.08. The second kappa shape index (κ2) is 5.47. The number of nitrogens with zero attached hydrogens (tertiary/aromatic N) is 2. The lowest BCUT2D eigenvalue weighted by Gasteiger charge is -1.99. The largest absolute Gasteiger partial charge is 0.339 e. The Morgan fingerprint density at radius 2 is 2.33 bits per heavy atom. The van der Waals surface area contributed by atoms with Gasteiger partial charge in [0.15, 0.2) is 5.82 Å². The summed E-state index contributed by atoms with van der Waals surface area (Å²) >= 11 is 0. The minimum Gasteiger partial charge on any atom is -0.339 e. The third-order valence-corrected chi connectivity index (χ3v) is 2.48. The minimum absolute atomic E-state index is 0. The molecule has 0 bridgehead atoms. The van der Waals surface area contributed by atoms with Gasteiger partial charge in [-0.3, -0.25) is 0 Å². The van der Waals surface area contributed by atoms with Gasteiger partial charge < -0.3 is 9.84 Å². The molecule has 0 saturated carbocycles. The van der Waals surface area contributed by atoms with Crippen LogP contribution >= 0.6 is 12.4 Å². The van der Waals surface area contributed by atoms with Crippen molar-refractivity contribution >= 4 is 12.4 Å². The van der Waals surface area contributed by atoms with Gasteiger partial charge in [0.1, 0.15) is 0 Å². The normalized spacial score (nSPS) is 20.6. The summed E-state index contributed by atoms with van der Waals surface area (Å²) in [6.07, 6.45) is 2.02. The molecule has 1 saturated heterocycles. The van der Waals surface area contributed by atoms with E-state index in [9.17, 15) is 0 Å². The third-order valence-electron chi connectivity index (χ3n) is 2.48. The Hall–Kier alpha value is -0.610. The molecule has 0 spiro atoms. The van der Waals surface area contributed by atoms with Crippen LogP contribution in [-0.4, -0.2) is 23.2 Å². The van der Waals surface area contributed by atoms with Crippen LogP contribution in [0.5, 0.6) is 0 Å². The van der Waals surface area contributed by atoms with Crippen molar-refractivity contribution in [1.29, 1.82) is 0 Å². The molecule has 0 radical (unpaired) electrons. The Labute approximate surface area is 96.2 Å². The Bertz CT molecular complexity index is 295. The standard InChI is InChI=1S/C10H17N3O.ClH/c1-7(2)5-9-12-10(14-13-9)8-3-4-11-6-8;/h7-8,11H,3-6H2,1-2H3;1H/t8-;/m0./s1. The van der Waals surface area contributed by atoms with Gasteiger partial charge in [0.2, 0.25) is 5.89 Å². The number of nitrogens with one attached hydrogen (secondary N) is 1. The highest BCUT2D eigenvalue weighted by Crippen LogP contribution is 2.20. The van der Waals surface area contributed by atoms with Gasteiger partial charge in [0, 0.05) is 13.0 Å². The van der Waals surface area contributed by atoms with Gasteiger partial charge in [-0.1, -0.05) is 19.0 Å². The third kappa shape index (κ3) is 3.18. The topological polar surface area (TPSA) is 51.0 Å². The van der Waals surface area contributed by atoms with Gasteiger partial charge in [-0.05, 0) is 18.9 Å². The highest BCUT2D eigenvalue weighted by molar-refractivity contribution is 5.85. The first-order valence-corrected chi connectivity index (χ1v) is 5.29. The van der Waals surface area contributed by atoms with Crippen LogP contribution in [0.1, 0.15) is 37.9 Å². The van der Waals surface area contributed by atoms with Crippen molar-refractivity contribution in [1.82, 2.24) is 15.5 Å². The van der Waals surface area contributed by atoms with Crippen molar-refractivity contribution in [3.63, 3.8) is 0 Å². The van der Waals surface area contributed by atoms with E-state index >= 15 is 0 Å². The molecule has 0 aromatic carbocycles. The summed E-state index contributed by atoms with van der Waals surface area (Å²) in [5, 5.41) is 7.28. The molecule has 0 amide bonds. The summed E-state index contributed by atoms with van der Waals surface area (Å²) < 4.78 is 5.25. The maximum Gasteiger partial charge on any atom is 0.231 e. The molecule has 1 aromatic heterocycles. The SMILES string of the molecule is CC(C)Cc1noc([C@H]2CCNC2)n1.Cl. The molecule has 2 rings (SSSR count). The van der Waals surface area contributed by atoms with Crippen LogP contribution in [0.2, 0.25) is 0 Å². The van der Waals surface area contributed by atoms with Crippen molar-refractivity contribution in [2.75, 3.05) is 13.1 Å². The zero-order chi connectivity index (χ0) is 9.97. The Balaban J connectivity index is 0.00000112. The molecule has 0 aliphatic carbocycles. The van der Waals surface area contributed by atoms with Crippen molar-refractivity contribution in [3.05, 3.63) is 11.7 Å². The van der Waals surface area contributed by atoms with Crippen molar-refractivity contribution in [2.45, 2.75) is 32.6 Å². The van der Waals surface area contributed by atoms with E-state index in [1.807, 2.05) is 0 Å². The van der Waals surface area contributed by atoms with Crippen LogP contribution in [0.15, 0.2) is 4.52 Å². The first-order chi connectivity index (χ1) is 6.75. The maximum atomic E-state index is 5.25. The summed E-state index contributed by atoms with van der Waals surface area (Å²) in [5.74, 6) is 2.68. The van der Waals surface area contributed by atoms with E-state index in [4.69, 9.17) is 4.52 Å². The molecule has 1 atom stereocenters. The van der Waals surface area contributed by atoms with Gasteiger partial charge in [-0.15, -0.1) is 12.4 Å². The molecular weight excluding hydrogens is 214 g/mol. The zero-order valence-corrected chi connectivity index (χ0v) is 10.0. The van der Waals surface area contributed by atoms with Gasteiger partial charge in [0.05, 0.1) is 5.92 Å². The van der Waals surface area contributed by atoms with E-state index in [-0.39, 0.29) is 12.4 Å². The highest BCUT2D eigenvalue weighted by atomic mass is 35.5. The van der Waals surface area contributed by atoms with E-state index in [0.29, 0.717) is 11.8 Å². The second-order valence-corrected chi connectivity index (χ2v) is 4.34. The molecule has 5 heteroatoms. The van der Waals surface area contributed by atoms with E-state index < -0.39 is 0 Å². The fourth-order valence-corrected chi connectivity index (χ4v) is 1.75. The predicted octanol–water partition coefficient (Wildman–Crippen LogP) is 1.77. The first-order valence-electron chi connectivity index (χ1n) is 5.29. The molecule has 86 valence electrons. The van der Waals surface area contributed by atoms with Crippen LogP contribution in [-0.2, 0) is 6.42 Å². The highest BCUT2D eigenvalue weighted by Gasteiger charge is 2.22. The average molecular weight is 232 g/mol. The molecule has 1 fully saturated rings. The lowest BCUT2D eigenvalue weighted by atomic mass is 10.1. The van der Waals surface area contributed by atoms with Crippen LogP contribution in [0.3, 0.4) is 0 Å². The summed E-state index contributed by atoms with van der Waals surface area (Å²) in [6.45, 7) is 6.36. The molecule has 2 heterocycles. The van der Waals surface area contributed by atoms with Gasteiger partial charge >= 0.3 is 0 Å². The van der Waals surface area contributed by atoms with Crippen LogP contribution in [0, 0.1) is 5.92 Å². The smallest absolute Gasteiger partial charge is 0.231 e. The molecule has 0 unspecified atom stereocenters. The fraction of sp³-hybridized carbons (Fsp3) is 0.800. The number of aromatic nitrogens is 2. The van der Waals surface area contributed by atoms with E-state index in [1.165, 1.54) is 0 Å². The summed E-state index contributed by atoms with van der Waals surface area (Å²) in [4.78, 5) is 4.41. The van der Waals surface area contributed by atoms with Crippen molar-refractivity contribution in [3.8, 4) is 0 Å². The molecule has 1 aromatic rings. The molecule has 1 N–H and O–H groups in total. The zero-order valence-electron chi connectivity index (χ0n) is 9.19. The Kier molecular flexibility index (Phi) is 4.54. The summed E-state index contributed by atoms with van der Waals surface area (Å²) in [7, 11) is 0. The second-order valence-electron chi connectivity index (χ2n) is 4.34. The summed E-state index contributed by atoms with van der Waals surface area (Å²) in [6, 6.07) is 0. The lowest BCUT2D eigenvalue weighted by molar-refractivity contribution is 0.353. The minimum atomic E-state index is 0. The Morgan fingerprint density at radius 1 is 1.53 bits per heavy atom. The number of halogens is 1. The molecule has 1 aliphatic heterocycles. The van der Waals surface area contributed by atoms with Crippen molar-refractivity contribution < 1.29 is 4.52 Å². The van der Waals surface area contributed by atoms with Gasteiger partial charge in [-0.2, -0.15) is 4.98 Å². The average Bonchev–Trinajstić information content (AvgIpc) is 2.69. The Morgan fingerprint density at radius 3 is 2.93 bits per heavy atom. The van der Waals surface area contributed by atoms with Crippen molar-refractivity contribution in [2.24, 2.45) is 5.92 Å². The predicted molar refractivity (Wildman–Crippen MR) is 60.3 cm³/mol. The first kappa shape index (κ1) is 12.5. The van der Waals surface area contributed by atoms with Crippen LogP contribution in [0.4, 0.5) is 0 Å². The quantitative estimate of drug-likeness (QED) is 0.862. The molecular formula is C10H18ClN3O. The van der Waals surface area contributed by atoms with Gasteiger partial charge in [0.25, 0.3) is 0 Å². The fourth-order valence-electron chi connectivity index (χ4n) is 1.75. The number of hydrogen-bond acceptors (Lipinski definition) is 4.